The second-order valence-electron chi connectivity index (χ2n) is 4.46. The molecular formula is C14H19NO2. The maximum Gasteiger partial charge on any atom is 0.227 e. The number of amides is 1. The first-order valence-corrected chi connectivity index (χ1v) is 6.34. The van der Waals surface area contributed by atoms with E-state index < -0.39 is 0 Å². The lowest BCUT2D eigenvalue weighted by atomic mass is 9.85. The zero-order valence-electron chi connectivity index (χ0n) is 10.2. The molecule has 1 aromatic rings. The van der Waals surface area contributed by atoms with E-state index in [0.717, 1.165) is 30.7 Å². The molecule has 1 aromatic carbocycles. The topological polar surface area (TPSA) is 38.3 Å². The molecule has 1 N–H and O–H groups in total. The Morgan fingerprint density at radius 3 is 2.82 bits per heavy atom. The summed E-state index contributed by atoms with van der Waals surface area (Å²) in [5.74, 6) is 1.10. The summed E-state index contributed by atoms with van der Waals surface area (Å²) in [5, 5.41) is 2.96. The lowest BCUT2D eigenvalue weighted by Gasteiger charge is -2.24. The third-order valence-electron chi connectivity index (χ3n) is 3.08. The van der Waals surface area contributed by atoms with Crippen LogP contribution in [0.2, 0.25) is 0 Å². The number of nitrogens with one attached hydrogen (secondary N) is 1. The average Bonchev–Trinajstić information content (AvgIpc) is 2.25. The summed E-state index contributed by atoms with van der Waals surface area (Å²) in [5.41, 5.74) is 0.790. The molecule has 0 heterocycles. The molecule has 1 aliphatic rings. The zero-order valence-corrected chi connectivity index (χ0v) is 10.2. The van der Waals surface area contributed by atoms with Crippen molar-refractivity contribution in [2.24, 2.45) is 5.92 Å². The Balaban J connectivity index is 2.00. The predicted octanol–water partition coefficient (Wildman–Crippen LogP) is 3.21. The van der Waals surface area contributed by atoms with Crippen molar-refractivity contribution < 1.29 is 9.53 Å². The van der Waals surface area contributed by atoms with Gasteiger partial charge >= 0.3 is 0 Å². The number of hydrogen-bond donors (Lipinski definition) is 1. The van der Waals surface area contributed by atoms with Crippen molar-refractivity contribution in [1.82, 2.24) is 0 Å². The molecule has 0 unspecified atom stereocenters. The SMILES string of the molecule is CCCOc1ccccc1NC(=O)C1CCC1. The Hall–Kier alpha value is -1.51. The van der Waals surface area contributed by atoms with Crippen molar-refractivity contribution in [2.75, 3.05) is 11.9 Å². The van der Waals surface area contributed by atoms with E-state index in [2.05, 4.69) is 12.2 Å². The van der Waals surface area contributed by atoms with Crippen LogP contribution in [0.25, 0.3) is 0 Å². The smallest absolute Gasteiger partial charge is 0.227 e. The van der Waals surface area contributed by atoms with Crippen LogP contribution in [0.1, 0.15) is 32.6 Å². The van der Waals surface area contributed by atoms with Crippen molar-refractivity contribution in [3.8, 4) is 5.75 Å². The van der Waals surface area contributed by atoms with Crippen LogP contribution in [0.15, 0.2) is 24.3 Å². The third-order valence-corrected chi connectivity index (χ3v) is 3.08. The number of carbonyl (C=O) groups excluding carboxylic acids is 1. The van der Waals surface area contributed by atoms with Crippen LogP contribution in [-0.4, -0.2) is 12.5 Å². The van der Waals surface area contributed by atoms with Gasteiger partial charge in [-0.05, 0) is 31.4 Å². The molecule has 3 nitrogen and oxygen atoms in total. The summed E-state index contributed by atoms with van der Waals surface area (Å²) in [6.45, 7) is 2.74. The monoisotopic (exact) mass is 233 g/mol. The van der Waals surface area contributed by atoms with Crippen LogP contribution in [0.5, 0.6) is 5.75 Å². The Kier molecular flexibility index (Phi) is 4.02. The highest BCUT2D eigenvalue weighted by Crippen LogP contribution is 2.30. The number of carbonyl (C=O) groups is 1. The van der Waals surface area contributed by atoms with Gasteiger partial charge in [0.1, 0.15) is 5.75 Å². The van der Waals surface area contributed by atoms with Gasteiger partial charge in [-0.15, -0.1) is 0 Å². The van der Waals surface area contributed by atoms with Gasteiger partial charge in [0.15, 0.2) is 0 Å². The number of ether oxygens (including phenoxy) is 1. The fourth-order valence-corrected chi connectivity index (χ4v) is 1.81. The molecule has 17 heavy (non-hydrogen) atoms. The lowest BCUT2D eigenvalue weighted by molar-refractivity contribution is -0.122. The minimum atomic E-state index is 0.129. The molecule has 2 rings (SSSR count). The van der Waals surface area contributed by atoms with E-state index in [4.69, 9.17) is 4.74 Å². The molecule has 0 atom stereocenters. The van der Waals surface area contributed by atoms with Gasteiger partial charge in [-0.3, -0.25) is 4.79 Å². The fourth-order valence-electron chi connectivity index (χ4n) is 1.81. The second kappa shape index (κ2) is 5.71. The zero-order chi connectivity index (χ0) is 12.1. The van der Waals surface area contributed by atoms with Gasteiger partial charge in [0.25, 0.3) is 0 Å². The predicted molar refractivity (Wildman–Crippen MR) is 68.2 cm³/mol. The Bertz CT molecular complexity index is 386. The number of para-hydroxylation sites is 2. The van der Waals surface area contributed by atoms with Gasteiger partial charge in [0, 0.05) is 5.92 Å². The van der Waals surface area contributed by atoms with E-state index in [1.165, 1.54) is 6.42 Å². The average molecular weight is 233 g/mol. The molecular weight excluding hydrogens is 214 g/mol. The number of hydrogen-bond acceptors (Lipinski definition) is 2. The number of benzene rings is 1. The standard InChI is InChI=1S/C14H19NO2/c1-2-10-17-13-9-4-3-8-12(13)15-14(16)11-6-5-7-11/h3-4,8-9,11H,2,5-7,10H2,1H3,(H,15,16). The highest BCUT2D eigenvalue weighted by atomic mass is 16.5. The van der Waals surface area contributed by atoms with Crippen LogP contribution < -0.4 is 10.1 Å². The van der Waals surface area contributed by atoms with Crippen molar-refractivity contribution in [3.05, 3.63) is 24.3 Å². The van der Waals surface area contributed by atoms with E-state index >= 15 is 0 Å². The van der Waals surface area contributed by atoms with Gasteiger partial charge in [-0.2, -0.15) is 0 Å². The van der Waals surface area contributed by atoms with Crippen LogP contribution in [-0.2, 0) is 4.79 Å². The molecule has 1 aliphatic carbocycles. The molecule has 0 radical (unpaired) electrons. The van der Waals surface area contributed by atoms with Crippen LogP contribution >= 0.6 is 0 Å². The normalized spacial score (nSPS) is 15.1. The molecule has 0 bridgehead atoms. The first-order chi connectivity index (χ1) is 8.31. The van der Waals surface area contributed by atoms with Crippen LogP contribution in [0, 0.1) is 5.92 Å². The lowest BCUT2D eigenvalue weighted by Crippen LogP contribution is -2.28. The third kappa shape index (κ3) is 2.99. The summed E-state index contributed by atoms with van der Waals surface area (Å²) in [7, 11) is 0. The van der Waals surface area contributed by atoms with Crippen molar-refractivity contribution in [2.45, 2.75) is 32.6 Å². The van der Waals surface area contributed by atoms with E-state index in [-0.39, 0.29) is 11.8 Å². The first-order valence-electron chi connectivity index (χ1n) is 6.34. The molecule has 92 valence electrons. The summed E-state index contributed by atoms with van der Waals surface area (Å²) in [6.07, 6.45) is 4.17. The van der Waals surface area contributed by atoms with Crippen LogP contribution in [0.3, 0.4) is 0 Å². The van der Waals surface area contributed by atoms with Gasteiger partial charge in [0.2, 0.25) is 5.91 Å². The highest BCUT2D eigenvalue weighted by Gasteiger charge is 2.25. The Morgan fingerprint density at radius 2 is 2.18 bits per heavy atom. The summed E-state index contributed by atoms with van der Waals surface area (Å²) >= 11 is 0. The molecule has 0 saturated heterocycles. The summed E-state index contributed by atoms with van der Waals surface area (Å²) in [4.78, 5) is 11.9. The first kappa shape index (κ1) is 12.0. The van der Waals surface area contributed by atoms with Gasteiger partial charge in [-0.1, -0.05) is 25.5 Å². The van der Waals surface area contributed by atoms with Gasteiger partial charge < -0.3 is 10.1 Å². The molecule has 0 aliphatic heterocycles. The van der Waals surface area contributed by atoms with Crippen molar-refractivity contribution in [3.63, 3.8) is 0 Å². The van der Waals surface area contributed by atoms with E-state index in [1.54, 1.807) is 0 Å². The van der Waals surface area contributed by atoms with E-state index in [1.807, 2.05) is 24.3 Å². The summed E-state index contributed by atoms with van der Waals surface area (Å²) < 4.78 is 5.60. The Labute approximate surface area is 102 Å². The highest BCUT2D eigenvalue weighted by molar-refractivity contribution is 5.94. The largest absolute Gasteiger partial charge is 0.491 e. The van der Waals surface area contributed by atoms with Crippen molar-refractivity contribution in [1.29, 1.82) is 0 Å². The van der Waals surface area contributed by atoms with E-state index in [9.17, 15) is 4.79 Å². The second-order valence-corrected chi connectivity index (χ2v) is 4.46. The molecule has 0 spiro atoms. The molecule has 1 amide bonds. The maximum absolute atomic E-state index is 11.9. The molecule has 1 fully saturated rings. The quantitative estimate of drug-likeness (QED) is 0.848. The number of rotatable bonds is 5. The van der Waals surface area contributed by atoms with Crippen molar-refractivity contribution >= 4 is 11.6 Å². The maximum atomic E-state index is 11.9. The number of anilines is 1. The molecule has 0 aromatic heterocycles. The van der Waals surface area contributed by atoms with Gasteiger partial charge in [0.05, 0.1) is 12.3 Å². The fraction of sp³-hybridized carbons (Fsp3) is 0.500. The minimum absolute atomic E-state index is 0.129. The molecule has 1 saturated carbocycles. The van der Waals surface area contributed by atoms with Gasteiger partial charge in [-0.25, -0.2) is 0 Å². The van der Waals surface area contributed by atoms with E-state index in [0.29, 0.717) is 6.61 Å². The minimum Gasteiger partial charge on any atom is -0.491 e. The van der Waals surface area contributed by atoms with Crippen LogP contribution in [0.4, 0.5) is 5.69 Å². The summed E-state index contributed by atoms with van der Waals surface area (Å²) in [6, 6.07) is 7.62. The Morgan fingerprint density at radius 1 is 1.41 bits per heavy atom. The molecule has 3 heteroatoms.